The topological polar surface area (TPSA) is 56.8 Å². The second kappa shape index (κ2) is 8.43. The molecule has 0 bridgehead atoms. The normalized spacial score (nSPS) is 11.3. The molecule has 4 nitrogen and oxygen atoms in total. The minimum Gasteiger partial charge on any atom is -0.494 e. The van der Waals surface area contributed by atoms with Gasteiger partial charge in [0.2, 0.25) is 0 Å². The number of nitrogens with zero attached hydrogens (tertiary/aromatic N) is 1. The van der Waals surface area contributed by atoms with Gasteiger partial charge < -0.3 is 15.2 Å². The van der Waals surface area contributed by atoms with Gasteiger partial charge in [0, 0.05) is 5.75 Å². The summed E-state index contributed by atoms with van der Waals surface area (Å²) in [7, 11) is 1.44. The second-order valence-electron chi connectivity index (χ2n) is 4.63. The van der Waals surface area contributed by atoms with Gasteiger partial charge >= 0.3 is 0 Å². The zero-order valence-corrected chi connectivity index (χ0v) is 13.9. The van der Waals surface area contributed by atoms with Crippen molar-refractivity contribution in [1.82, 2.24) is 0 Å². The van der Waals surface area contributed by atoms with Crippen molar-refractivity contribution in [3.05, 3.63) is 53.8 Å². The first-order valence-corrected chi connectivity index (χ1v) is 8.13. The largest absolute Gasteiger partial charge is 0.494 e. The Balaban J connectivity index is 1.95. The molecule has 0 amide bonds. The number of methoxy groups -OCH3 is 1. The van der Waals surface area contributed by atoms with E-state index in [-0.39, 0.29) is 11.6 Å². The van der Waals surface area contributed by atoms with Gasteiger partial charge in [0.25, 0.3) is 0 Å². The molecule has 0 spiro atoms. The van der Waals surface area contributed by atoms with Gasteiger partial charge in [0.1, 0.15) is 5.75 Å². The minimum atomic E-state index is -0.382. The Kier molecular flexibility index (Phi) is 6.29. The SMILES string of the molecule is CCOc1ccc(N=C(N)SCc2ccc(OC)c(F)c2)cc1. The van der Waals surface area contributed by atoms with Crippen LogP contribution in [0.4, 0.5) is 10.1 Å². The third kappa shape index (κ3) is 5.17. The van der Waals surface area contributed by atoms with Crippen molar-refractivity contribution in [2.45, 2.75) is 12.7 Å². The van der Waals surface area contributed by atoms with Gasteiger partial charge in [-0.25, -0.2) is 9.38 Å². The molecule has 0 saturated heterocycles. The third-order valence-corrected chi connectivity index (χ3v) is 3.85. The lowest BCUT2D eigenvalue weighted by atomic mass is 10.2. The fourth-order valence-corrected chi connectivity index (χ4v) is 2.56. The van der Waals surface area contributed by atoms with Crippen LogP contribution in [0.15, 0.2) is 47.5 Å². The summed E-state index contributed by atoms with van der Waals surface area (Å²) in [5.41, 5.74) is 7.47. The van der Waals surface area contributed by atoms with Gasteiger partial charge in [-0.1, -0.05) is 17.8 Å². The summed E-state index contributed by atoms with van der Waals surface area (Å²) in [4.78, 5) is 4.31. The van der Waals surface area contributed by atoms with Gasteiger partial charge in [-0.2, -0.15) is 0 Å². The molecule has 0 radical (unpaired) electrons. The summed E-state index contributed by atoms with van der Waals surface area (Å²) < 4.78 is 23.9. The second-order valence-corrected chi connectivity index (χ2v) is 5.63. The number of nitrogens with two attached hydrogens (primary N) is 1. The highest BCUT2D eigenvalue weighted by Gasteiger charge is 2.04. The van der Waals surface area contributed by atoms with Crippen molar-refractivity contribution in [2.75, 3.05) is 13.7 Å². The van der Waals surface area contributed by atoms with Crippen LogP contribution in [0.5, 0.6) is 11.5 Å². The molecular formula is C17H19FN2O2S. The predicted molar refractivity (Wildman–Crippen MR) is 93.1 cm³/mol. The summed E-state index contributed by atoms with van der Waals surface area (Å²) in [6.45, 7) is 2.56. The highest BCUT2D eigenvalue weighted by atomic mass is 32.2. The van der Waals surface area contributed by atoms with Crippen molar-refractivity contribution in [3.63, 3.8) is 0 Å². The number of thioether (sulfide) groups is 1. The fraction of sp³-hybridized carbons (Fsp3) is 0.235. The van der Waals surface area contributed by atoms with Crippen LogP contribution in [-0.2, 0) is 5.75 Å². The van der Waals surface area contributed by atoms with Crippen molar-refractivity contribution < 1.29 is 13.9 Å². The van der Waals surface area contributed by atoms with Crippen LogP contribution in [0.2, 0.25) is 0 Å². The summed E-state index contributed by atoms with van der Waals surface area (Å²) in [5, 5.41) is 0.422. The summed E-state index contributed by atoms with van der Waals surface area (Å²) in [6, 6.07) is 12.2. The number of halogens is 1. The van der Waals surface area contributed by atoms with Gasteiger partial charge in [-0.3, -0.25) is 0 Å². The molecule has 0 aliphatic rings. The molecule has 0 aliphatic heterocycles. The molecular weight excluding hydrogens is 315 g/mol. The van der Waals surface area contributed by atoms with E-state index in [4.69, 9.17) is 15.2 Å². The number of ether oxygens (including phenoxy) is 2. The van der Waals surface area contributed by atoms with E-state index in [1.54, 1.807) is 12.1 Å². The standard InChI is InChI=1S/C17H19FN2O2S/c1-3-22-14-7-5-13(6-8-14)20-17(19)23-11-12-4-9-16(21-2)15(18)10-12/h4-10H,3,11H2,1-2H3,(H2,19,20). The summed E-state index contributed by atoms with van der Waals surface area (Å²) in [5.74, 6) is 1.18. The first-order valence-electron chi connectivity index (χ1n) is 7.14. The molecule has 122 valence electrons. The maximum atomic E-state index is 13.6. The minimum absolute atomic E-state index is 0.231. The van der Waals surface area contributed by atoms with Crippen molar-refractivity contribution in [2.24, 2.45) is 10.7 Å². The van der Waals surface area contributed by atoms with E-state index >= 15 is 0 Å². The highest BCUT2D eigenvalue weighted by molar-refractivity contribution is 8.13. The molecule has 0 saturated carbocycles. The molecule has 0 atom stereocenters. The van der Waals surface area contributed by atoms with E-state index in [1.165, 1.54) is 24.9 Å². The summed E-state index contributed by atoms with van der Waals surface area (Å²) in [6.07, 6.45) is 0. The van der Waals surface area contributed by atoms with Crippen LogP contribution >= 0.6 is 11.8 Å². The van der Waals surface area contributed by atoms with Gasteiger partial charge in [0.15, 0.2) is 16.7 Å². The van der Waals surface area contributed by atoms with Gasteiger partial charge in [-0.05, 0) is 48.9 Å². The van der Waals surface area contributed by atoms with Crippen molar-refractivity contribution >= 4 is 22.6 Å². The number of amidine groups is 1. The monoisotopic (exact) mass is 334 g/mol. The number of benzene rings is 2. The third-order valence-electron chi connectivity index (χ3n) is 2.99. The Morgan fingerprint density at radius 3 is 2.57 bits per heavy atom. The maximum Gasteiger partial charge on any atom is 0.165 e. The molecule has 23 heavy (non-hydrogen) atoms. The lowest BCUT2D eigenvalue weighted by Gasteiger charge is -2.05. The lowest BCUT2D eigenvalue weighted by Crippen LogP contribution is -2.06. The number of hydrogen-bond donors (Lipinski definition) is 1. The van der Waals surface area contributed by atoms with E-state index in [1.807, 2.05) is 31.2 Å². The van der Waals surface area contributed by atoms with Crippen LogP contribution in [-0.4, -0.2) is 18.9 Å². The Morgan fingerprint density at radius 2 is 1.96 bits per heavy atom. The molecule has 2 aromatic carbocycles. The molecule has 6 heteroatoms. The van der Waals surface area contributed by atoms with E-state index in [0.717, 1.165) is 17.0 Å². The average molecular weight is 334 g/mol. The zero-order chi connectivity index (χ0) is 16.7. The number of hydrogen-bond acceptors (Lipinski definition) is 4. The number of aliphatic imine (C=N–C) groups is 1. The van der Waals surface area contributed by atoms with Crippen LogP contribution in [0, 0.1) is 5.82 Å². The van der Waals surface area contributed by atoms with Crippen LogP contribution < -0.4 is 15.2 Å². The Hall–Kier alpha value is -2.21. The van der Waals surface area contributed by atoms with Crippen LogP contribution in [0.25, 0.3) is 0 Å². The quantitative estimate of drug-likeness (QED) is 0.638. The van der Waals surface area contributed by atoms with E-state index < -0.39 is 0 Å². The van der Waals surface area contributed by atoms with E-state index in [9.17, 15) is 4.39 Å². The van der Waals surface area contributed by atoms with Crippen LogP contribution in [0.3, 0.4) is 0 Å². The first-order chi connectivity index (χ1) is 11.1. The molecule has 2 rings (SSSR count). The van der Waals surface area contributed by atoms with Crippen molar-refractivity contribution in [3.8, 4) is 11.5 Å². The first kappa shape index (κ1) is 17.1. The smallest absolute Gasteiger partial charge is 0.165 e. The van der Waals surface area contributed by atoms with E-state index in [0.29, 0.717) is 17.5 Å². The summed E-state index contributed by atoms with van der Waals surface area (Å²) >= 11 is 1.35. The molecule has 0 unspecified atom stereocenters. The molecule has 0 aromatic heterocycles. The molecule has 0 fully saturated rings. The Morgan fingerprint density at radius 1 is 1.22 bits per heavy atom. The highest BCUT2D eigenvalue weighted by Crippen LogP contribution is 2.23. The van der Waals surface area contributed by atoms with Crippen molar-refractivity contribution in [1.29, 1.82) is 0 Å². The molecule has 2 N–H and O–H groups in total. The maximum absolute atomic E-state index is 13.6. The Bertz CT molecular complexity index is 675. The zero-order valence-electron chi connectivity index (χ0n) is 13.1. The number of rotatable bonds is 6. The fourth-order valence-electron chi connectivity index (χ4n) is 1.90. The van der Waals surface area contributed by atoms with Crippen LogP contribution in [0.1, 0.15) is 12.5 Å². The average Bonchev–Trinajstić information content (AvgIpc) is 2.55. The lowest BCUT2D eigenvalue weighted by molar-refractivity contribution is 0.340. The van der Waals surface area contributed by atoms with E-state index in [2.05, 4.69) is 4.99 Å². The van der Waals surface area contributed by atoms with Gasteiger partial charge in [0.05, 0.1) is 19.4 Å². The molecule has 2 aromatic rings. The van der Waals surface area contributed by atoms with Gasteiger partial charge in [-0.15, -0.1) is 0 Å². The molecule has 0 aliphatic carbocycles. The predicted octanol–water partition coefficient (Wildman–Crippen LogP) is 4.11. The Labute approximate surface area is 139 Å². The molecule has 0 heterocycles.